The van der Waals surface area contributed by atoms with E-state index < -0.39 is 54.4 Å². The summed E-state index contributed by atoms with van der Waals surface area (Å²) < 4.78 is 184. The Labute approximate surface area is 134 Å². The Morgan fingerprint density at radius 2 is 0.846 bits per heavy atom. The summed E-state index contributed by atoms with van der Waals surface area (Å²) in [5, 5.41) is 0. The van der Waals surface area contributed by atoms with Gasteiger partial charge in [0.05, 0.1) is 7.11 Å². The van der Waals surface area contributed by atoms with E-state index in [2.05, 4.69) is 4.74 Å². The molecule has 0 aliphatic heterocycles. The van der Waals surface area contributed by atoms with Gasteiger partial charge in [0, 0.05) is 6.92 Å². The van der Waals surface area contributed by atoms with Crippen molar-refractivity contribution in [2.75, 3.05) is 7.11 Å². The van der Waals surface area contributed by atoms with Crippen LogP contribution >= 0.6 is 0 Å². The molecule has 0 saturated carbocycles. The minimum atomic E-state index is -8.18. The third-order valence-electron chi connectivity index (χ3n) is 2.96. The Balaban J connectivity index is 6.56. The van der Waals surface area contributed by atoms with Gasteiger partial charge >= 0.3 is 47.4 Å². The summed E-state index contributed by atoms with van der Waals surface area (Å²) in [6.45, 7) is -1.14. The van der Waals surface area contributed by atoms with Crippen LogP contribution in [0.25, 0.3) is 0 Å². The highest BCUT2D eigenvalue weighted by Crippen LogP contribution is 2.62. The molecule has 0 aromatic heterocycles. The summed E-state index contributed by atoms with van der Waals surface area (Å²) in [4.78, 5) is 10.4. The molecule has 0 unspecified atom stereocenters. The molecule has 0 aliphatic carbocycles. The minimum absolute atomic E-state index is 0.122. The number of methoxy groups -OCH3 is 1. The van der Waals surface area contributed by atoms with Crippen molar-refractivity contribution in [2.24, 2.45) is 0 Å². The van der Waals surface area contributed by atoms with Crippen LogP contribution in [0.3, 0.4) is 0 Å². The molecule has 0 atom stereocenters. The largest absolute Gasteiger partial charge is 0.464 e. The minimum Gasteiger partial charge on any atom is -0.464 e. The molecule has 0 bridgehead atoms. The number of ether oxygens (including phenoxy) is 1. The molecular formula is C10H6F14O2. The number of carbonyl (C=O) groups excluding carboxylic acids is 1. The topological polar surface area (TPSA) is 26.3 Å². The quantitative estimate of drug-likeness (QED) is 0.441. The fourth-order valence-electron chi connectivity index (χ4n) is 1.32. The smallest absolute Gasteiger partial charge is 0.410 e. The number of halogens is 14. The Kier molecular flexibility index (Phi) is 5.65. The third-order valence-corrected chi connectivity index (χ3v) is 2.96. The molecule has 0 radical (unpaired) electrons. The predicted molar refractivity (Wildman–Crippen MR) is 52.3 cm³/mol. The van der Waals surface area contributed by atoms with Gasteiger partial charge in [0.15, 0.2) is 0 Å². The molecule has 156 valence electrons. The van der Waals surface area contributed by atoms with Crippen molar-refractivity contribution in [1.82, 2.24) is 0 Å². The lowest BCUT2D eigenvalue weighted by Gasteiger charge is -2.41. The van der Waals surface area contributed by atoms with Gasteiger partial charge in [-0.05, 0) is 0 Å². The molecule has 0 N–H and O–H groups in total. The number of esters is 1. The highest BCUT2D eigenvalue weighted by molar-refractivity contribution is 5.79. The zero-order valence-corrected chi connectivity index (χ0v) is 12.1. The highest BCUT2D eigenvalue weighted by atomic mass is 19.4. The molecule has 0 amide bonds. The molecule has 0 saturated heterocycles. The van der Waals surface area contributed by atoms with Gasteiger partial charge in [0.1, 0.15) is 0 Å². The Bertz CT molecular complexity index is 546. The maximum absolute atomic E-state index is 13.1. The van der Waals surface area contributed by atoms with Crippen LogP contribution in [0, 0.1) is 0 Å². The van der Waals surface area contributed by atoms with E-state index in [4.69, 9.17) is 0 Å². The predicted octanol–water partition coefficient (Wildman–Crippen LogP) is 4.63. The molecular weight excluding hydrogens is 418 g/mol. The van der Waals surface area contributed by atoms with Crippen molar-refractivity contribution in [1.29, 1.82) is 0 Å². The van der Waals surface area contributed by atoms with Crippen LogP contribution in [-0.4, -0.2) is 54.5 Å². The maximum Gasteiger partial charge on any atom is 0.410 e. The monoisotopic (exact) mass is 424 g/mol. The van der Waals surface area contributed by atoms with Gasteiger partial charge in [-0.3, -0.25) is 0 Å². The van der Waals surface area contributed by atoms with Gasteiger partial charge in [-0.2, -0.15) is 61.5 Å². The standard InChI is InChI=1S/C10H6F14O2/c1-4(11,12)6(15,16)8(19,20)10(23,24)9(21,22)7(17,18)5(13,14)3(25)26-2/h1-2H3. The van der Waals surface area contributed by atoms with Gasteiger partial charge in [0.2, 0.25) is 0 Å². The summed E-state index contributed by atoms with van der Waals surface area (Å²) in [6.07, 6.45) is 0. The first-order chi connectivity index (χ1) is 11.0. The molecule has 0 aromatic rings. The number of carbonyl (C=O) groups is 1. The molecule has 16 heteroatoms. The molecule has 0 aromatic carbocycles. The van der Waals surface area contributed by atoms with E-state index in [-0.39, 0.29) is 7.11 Å². The van der Waals surface area contributed by atoms with E-state index in [0.717, 1.165) is 0 Å². The zero-order chi connectivity index (χ0) is 21.8. The zero-order valence-electron chi connectivity index (χ0n) is 12.1. The van der Waals surface area contributed by atoms with Crippen molar-refractivity contribution in [3.63, 3.8) is 0 Å². The lowest BCUT2D eigenvalue weighted by molar-refractivity contribution is -0.437. The lowest BCUT2D eigenvalue weighted by Crippen LogP contribution is -2.73. The summed E-state index contributed by atoms with van der Waals surface area (Å²) in [7, 11) is -0.122. The van der Waals surface area contributed by atoms with Crippen molar-refractivity contribution < 1.29 is 71.0 Å². The summed E-state index contributed by atoms with van der Waals surface area (Å²) in [5.74, 6) is -56.1. The van der Waals surface area contributed by atoms with E-state index in [1.54, 1.807) is 0 Å². The fraction of sp³-hybridized carbons (Fsp3) is 0.900. The van der Waals surface area contributed by atoms with Crippen LogP contribution < -0.4 is 0 Å². The molecule has 0 aliphatic rings. The van der Waals surface area contributed by atoms with Gasteiger partial charge < -0.3 is 4.74 Å². The molecule has 0 rings (SSSR count). The third kappa shape index (κ3) is 2.84. The highest BCUT2D eigenvalue weighted by Gasteiger charge is 2.93. The summed E-state index contributed by atoms with van der Waals surface area (Å²) in [6, 6.07) is 0. The van der Waals surface area contributed by atoms with Crippen LogP contribution in [-0.2, 0) is 9.53 Å². The molecule has 0 heterocycles. The number of hydrogen-bond donors (Lipinski definition) is 0. The van der Waals surface area contributed by atoms with Gasteiger partial charge in [-0.15, -0.1) is 0 Å². The van der Waals surface area contributed by atoms with Crippen LogP contribution in [0.1, 0.15) is 6.92 Å². The summed E-state index contributed by atoms with van der Waals surface area (Å²) >= 11 is 0. The SMILES string of the molecule is COC(=O)C(F)(F)C(F)(F)C(F)(F)C(F)(F)C(F)(F)C(F)(F)C(C)(F)F. The maximum atomic E-state index is 13.1. The van der Waals surface area contributed by atoms with Crippen LogP contribution in [0.4, 0.5) is 61.5 Å². The van der Waals surface area contributed by atoms with Gasteiger partial charge in [-0.25, -0.2) is 4.79 Å². The Hall–Kier alpha value is -1.51. The number of hydrogen-bond acceptors (Lipinski definition) is 2. The molecule has 0 fully saturated rings. The van der Waals surface area contributed by atoms with Crippen LogP contribution in [0.2, 0.25) is 0 Å². The van der Waals surface area contributed by atoms with Gasteiger partial charge in [-0.1, -0.05) is 0 Å². The first-order valence-electron chi connectivity index (χ1n) is 5.71. The molecule has 0 spiro atoms. The normalized spacial score (nSPS) is 15.8. The number of rotatable bonds is 7. The number of alkyl halides is 14. The lowest BCUT2D eigenvalue weighted by atomic mass is 9.89. The summed E-state index contributed by atoms with van der Waals surface area (Å²) in [5.41, 5.74) is 0. The van der Waals surface area contributed by atoms with E-state index in [1.165, 1.54) is 0 Å². The van der Waals surface area contributed by atoms with Crippen molar-refractivity contribution in [2.45, 2.75) is 48.4 Å². The van der Waals surface area contributed by atoms with E-state index >= 15 is 0 Å². The second-order valence-electron chi connectivity index (χ2n) is 4.83. The van der Waals surface area contributed by atoms with Crippen molar-refractivity contribution in [3.05, 3.63) is 0 Å². The average molecular weight is 424 g/mol. The van der Waals surface area contributed by atoms with Gasteiger partial charge in [0.25, 0.3) is 0 Å². The van der Waals surface area contributed by atoms with Crippen molar-refractivity contribution >= 4 is 5.97 Å². The van der Waals surface area contributed by atoms with Crippen molar-refractivity contribution in [3.8, 4) is 0 Å². The van der Waals surface area contributed by atoms with Crippen LogP contribution in [0.15, 0.2) is 0 Å². The van der Waals surface area contributed by atoms with E-state index in [0.29, 0.717) is 0 Å². The molecule has 26 heavy (non-hydrogen) atoms. The Morgan fingerprint density at radius 1 is 0.577 bits per heavy atom. The first-order valence-corrected chi connectivity index (χ1v) is 5.71. The second kappa shape index (κ2) is 6.00. The Morgan fingerprint density at radius 3 is 1.12 bits per heavy atom. The van der Waals surface area contributed by atoms with E-state index in [9.17, 15) is 66.3 Å². The molecule has 2 nitrogen and oxygen atoms in total. The first kappa shape index (κ1) is 24.5. The second-order valence-corrected chi connectivity index (χ2v) is 4.83. The van der Waals surface area contributed by atoms with Crippen LogP contribution in [0.5, 0.6) is 0 Å². The van der Waals surface area contributed by atoms with E-state index in [1.807, 2.05) is 0 Å². The average Bonchev–Trinajstić information content (AvgIpc) is 2.43. The fourth-order valence-corrected chi connectivity index (χ4v) is 1.32.